The maximum absolute atomic E-state index is 7.07. The molecule has 0 radical (unpaired) electrons. The SMILES string of the molecule is Cc1cccc(N(c2cc3oc4cc(N(c5cccc(C)c5)C5CC=Cc6c5oc5c(C)cccc65)ccc4c3c3ccccc23)c2cccc3c2[nH]c2c(C)cccc23)c1. The standard InChI is InChI=1S/C56H43N3O2/c1-33-13-7-17-37(29-33)58(48-26-12-24-45-44-23-10-16-36(4)55(44)61-56(45)48)39-27-28-46-50(31-39)60-51-32-49(40-19-5-6-20-41(40)52(46)51)59(38-18-8-14-34(2)30-38)47-25-11-22-43-42-21-9-15-35(3)53(42)57-54(43)47/h5-25,27-32,48,57H,26H2,1-4H3. The molecule has 5 nitrogen and oxygen atoms in total. The summed E-state index contributed by atoms with van der Waals surface area (Å²) >= 11 is 0. The number of rotatable bonds is 6. The maximum atomic E-state index is 7.07. The Hall–Kier alpha value is -7.50. The summed E-state index contributed by atoms with van der Waals surface area (Å²) < 4.78 is 13.9. The summed E-state index contributed by atoms with van der Waals surface area (Å²) in [4.78, 5) is 8.69. The van der Waals surface area contributed by atoms with Crippen LogP contribution in [0.4, 0.5) is 28.4 Å². The molecule has 0 bridgehead atoms. The molecule has 0 amide bonds. The molecule has 1 aliphatic rings. The summed E-state index contributed by atoms with van der Waals surface area (Å²) in [5, 5.41) is 8.08. The molecule has 0 spiro atoms. The van der Waals surface area contributed by atoms with E-state index in [1.807, 2.05) is 0 Å². The van der Waals surface area contributed by atoms with Crippen LogP contribution in [0, 0.1) is 27.7 Å². The molecule has 0 aliphatic heterocycles. The third-order valence-electron chi connectivity index (χ3n) is 12.8. The molecule has 11 aromatic rings. The van der Waals surface area contributed by atoms with Gasteiger partial charge in [0, 0.05) is 72.6 Å². The van der Waals surface area contributed by atoms with Crippen LogP contribution < -0.4 is 9.80 Å². The highest BCUT2D eigenvalue weighted by Crippen LogP contribution is 2.49. The smallest absolute Gasteiger partial charge is 0.138 e. The van der Waals surface area contributed by atoms with Gasteiger partial charge in [0.2, 0.25) is 0 Å². The zero-order chi connectivity index (χ0) is 40.9. The van der Waals surface area contributed by atoms with E-state index in [9.17, 15) is 0 Å². The molecule has 294 valence electrons. The number of hydrogen-bond donors (Lipinski definition) is 1. The van der Waals surface area contributed by atoms with E-state index < -0.39 is 0 Å². The van der Waals surface area contributed by atoms with Gasteiger partial charge in [0.05, 0.1) is 22.9 Å². The summed E-state index contributed by atoms with van der Waals surface area (Å²) in [6.07, 6.45) is 5.33. The number of benzene rings is 8. The molecule has 8 aromatic carbocycles. The Labute approximate surface area is 353 Å². The maximum Gasteiger partial charge on any atom is 0.138 e. The lowest BCUT2D eigenvalue weighted by atomic mass is 9.95. The zero-order valence-electron chi connectivity index (χ0n) is 34.6. The lowest BCUT2D eigenvalue weighted by Gasteiger charge is -2.34. The lowest BCUT2D eigenvalue weighted by Crippen LogP contribution is -2.25. The molecule has 1 atom stereocenters. The molecule has 0 saturated carbocycles. The van der Waals surface area contributed by atoms with Gasteiger partial charge in [-0.15, -0.1) is 0 Å². The fourth-order valence-corrected chi connectivity index (χ4v) is 10.0. The minimum Gasteiger partial charge on any atom is -0.458 e. The Kier molecular flexibility index (Phi) is 7.85. The average molecular weight is 790 g/mol. The molecular weight excluding hydrogens is 747 g/mol. The quantitative estimate of drug-likeness (QED) is 0.182. The molecule has 5 heteroatoms. The van der Waals surface area contributed by atoms with Crippen molar-refractivity contribution in [1.29, 1.82) is 0 Å². The second-order valence-corrected chi connectivity index (χ2v) is 16.8. The van der Waals surface area contributed by atoms with Gasteiger partial charge in [-0.25, -0.2) is 0 Å². The van der Waals surface area contributed by atoms with E-state index in [1.54, 1.807) is 0 Å². The van der Waals surface area contributed by atoms with Crippen molar-refractivity contribution in [3.8, 4) is 0 Å². The number of fused-ring (bicyclic) bond motifs is 11. The molecule has 1 unspecified atom stereocenters. The van der Waals surface area contributed by atoms with Gasteiger partial charge in [-0.1, -0.05) is 109 Å². The highest BCUT2D eigenvalue weighted by atomic mass is 16.3. The van der Waals surface area contributed by atoms with E-state index in [2.05, 4.69) is 206 Å². The Morgan fingerprint density at radius 1 is 0.508 bits per heavy atom. The number of anilines is 5. The van der Waals surface area contributed by atoms with Crippen LogP contribution in [0.15, 0.2) is 167 Å². The number of furan rings is 2. The number of nitrogens with zero attached hydrogens (tertiary/aromatic N) is 2. The van der Waals surface area contributed by atoms with Gasteiger partial charge in [0.25, 0.3) is 0 Å². The first kappa shape index (κ1) is 35.4. The minimum atomic E-state index is -0.0538. The number of hydrogen-bond acceptors (Lipinski definition) is 4. The van der Waals surface area contributed by atoms with Crippen LogP contribution in [0.2, 0.25) is 0 Å². The Morgan fingerprint density at radius 2 is 1.18 bits per heavy atom. The van der Waals surface area contributed by atoms with E-state index in [4.69, 9.17) is 8.83 Å². The van der Waals surface area contributed by atoms with Gasteiger partial charge in [-0.3, -0.25) is 0 Å². The number of H-pyrrole nitrogens is 1. The van der Waals surface area contributed by atoms with Gasteiger partial charge in [0.1, 0.15) is 22.5 Å². The second kappa shape index (κ2) is 13.5. The summed E-state index contributed by atoms with van der Waals surface area (Å²) in [6, 6.07) is 54.8. The molecule has 0 saturated heterocycles. The first-order valence-corrected chi connectivity index (χ1v) is 21.2. The third-order valence-corrected chi connectivity index (χ3v) is 12.8. The Bertz CT molecular complexity index is 3600. The van der Waals surface area contributed by atoms with Crippen molar-refractivity contribution in [2.75, 3.05) is 9.80 Å². The van der Waals surface area contributed by atoms with Crippen LogP contribution in [0.25, 0.3) is 71.6 Å². The van der Waals surface area contributed by atoms with Crippen molar-refractivity contribution in [2.24, 2.45) is 0 Å². The monoisotopic (exact) mass is 789 g/mol. The first-order chi connectivity index (χ1) is 29.9. The molecule has 3 aromatic heterocycles. The van der Waals surface area contributed by atoms with Crippen LogP contribution in [-0.2, 0) is 0 Å². The van der Waals surface area contributed by atoms with Crippen molar-refractivity contribution in [3.63, 3.8) is 0 Å². The second-order valence-electron chi connectivity index (χ2n) is 16.8. The summed E-state index contributed by atoms with van der Waals surface area (Å²) in [6.45, 7) is 8.62. The molecule has 12 rings (SSSR count). The van der Waals surface area contributed by atoms with Crippen LogP contribution in [-0.4, -0.2) is 4.98 Å². The highest BCUT2D eigenvalue weighted by molar-refractivity contribution is 6.23. The van der Waals surface area contributed by atoms with Gasteiger partial charge < -0.3 is 23.6 Å². The third kappa shape index (κ3) is 5.47. The van der Waals surface area contributed by atoms with Gasteiger partial charge in [-0.2, -0.15) is 0 Å². The number of aromatic amines is 1. The fraction of sp³-hybridized carbons (Fsp3) is 0.107. The van der Waals surface area contributed by atoms with Crippen LogP contribution in [0.3, 0.4) is 0 Å². The average Bonchev–Trinajstić information content (AvgIpc) is 3.97. The normalized spacial score (nSPS) is 13.9. The van der Waals surface area contributed by atoms with Gasteiger partial charge in [-0.05, 0) is 104 Å². The van der Waals surface area contributed by atoms with E-state index in [0.29, 0.717) is 0 Å². The van der Waals surface area contributed by atoms with E-state index in [-0.39, 0.29) is 6.04 Å². The summed E-state index contributed by atoms with van der Waals surface area (Å²) in [7, 11) is 0. The number of aromatic nitrogens is 1. The summed E-state index contributed by atoms with van der Waals surface area (Å²) in [5.74, 6) is 0.991. The fourth-order valence-electron chi connectivity index (χ4n) is 10.0. The van der Waals surface area contributed by atoms with Crippen molar-refractivity contribution >= 4 is 100.0 Å². The van der Waals surface area contributed by atoms with Crippen LogP contribution in [0.5, 0.6) is 0 Å². The van der Waals surface area contributed by atoms with E-state index >= 15 is 0 Å². The number of para-hydroxylation sites is 3. The molecule has 1 N–H and O–H groups in total. The highest BCUT2D eigenvalue weighted by Gasteiger charge is 2.32. The van der Waals surface area contributed by atoms with Crippen molar-refractivity contribution in [3.05, 3.63) is 191 Å². The topological polar surface area (TPSA) is 48.6 Å². The predicted molar refractivity (Wildman–Crippen MR) is 255 cm³/mol. The van der Waals surface area contributed by atoms with Crippen molar-refractivity contribution < 1.29 is 8.83 Å². The lowest BCUT2D eigenvalue weighted by molar-refractivity contribution is 0.487. The molecule has 1 aliphatic carbocycles. The Morgan fingerprint density at radius 3 is 2.00 bits per heavy atom. The van der Waals surface area contributed by atoms with Crippen LogP contribution >= 0.6 is 0 Å². The molecule has 0 fully saturated rings. The number of aryl methyl sites for hydroxylation is 4. The van der Waals surface area contributed by atoms with E-state index in [1.165, 1.54) is 27.5 Å². The first-order valence-electron chi connectivity index (χ1n) is 21.2. The molecule has 61 heavy (non-hydrogen) atoms. The van der Waals surface area contributed by atoms with Crippen molar-refractivity contribution in [2.45, 2.75) is 40.2 Å². The Balaban J connectivity index is 1.08. The summed E-state index contributed by atoms with van der Waals surface area (Å²) in [5.41, 5.74) is 16.2. The molecule has 3 heterocycles. The van der Waals surface area contributed by atoms with Crippen LogP contribution in [0.1, 0.15) is 46.0 Å². The van der Waals surface area contributed by atoms with E-state index in [0.717, 1.165) is 106 Å². The minimum absolute atomic E-state index is 0.0538. The predicted octanol–water partition coefficient (Wildman–Crippen LogP) is 16.1. The number of nitrogens with one attached hydrogen (secondary N) is 1. The van der Waals surface area contributed by atoms with Gasteiger partial charge >= 0.3 is 0 Å². The van der Waals surface area contributed by atoms with Gasteiger partial charge in [0.15, 0.2) is 0 Å². The molecular formula is C56H43N3O2. The largest absolute Gasteiger partial charge is 0.458 e. The zero-order valence-corrected chi connectivity index (χ0v) is 34.6. The van der Waals surface area contributed by atoms with Crippen molar-refractivity contribution in [1.82, 2.24) is 4.98 Å².